The van der Waals surface area contributed by atoms with E-state index in [1.165, 1.54) is 12.7 Å². The molecule has 4 nitrogen and oxygen atoms in total. The zero-order valence-corrected chi connectivity index (χ0v) is 12.7. The summed E-state index contributed by atoms with van der Waals surface area (Å²) >= 11 is 5.45. The number of hydrogen-bond acceptors (Lipinski definition) is 3. The molecule has 5 heteroatoms. The van der Waals surface area contributed by atoms with Crippen LogP contribution in [0, 0.1) is 12.8 Å². The van der Waals surface area contributed by atoms with Gasteiger partial charge in [0.25, 0.3) is 0 Å². The highest BCUT2D eigenvalue weighted by Gasteiger charge is 2.26. The van der Waals surface area contributed by atoms with E-state index in [1.807, 2.05) is 18.2 Å². The third-order valence-corrected chi connectivity index (χ3v) is 4.06. The second-order valence-corrected chi connectivity index (χ2v) is 5.42. The summed E-state index contributed by atoms with van der Waals surface area (Å²) in [6.45, 7) is 3.63. The van der Waals surface area contributed by atoms with Gasteiger partial charge in [0.05, 0.1) is 13.0 Å². The number of methoxy groups -OCH3 is 1. The van der Waals surface area contributed by atoms with Crippen molar-refractivity contribution in [2.24, 2.45) is 5.92 Å². The van der Waals surface area contributed by atoms with Crippen LogP contribution in [-0.2, 0) is 9.53 Å². The molecule has 0 spiro atoms. The summed E-state index contributed by atoms with van der Waals surface area (Å²) in [5.41, 5.74) is 2.20. The van der Waals surface area contributed by atoms with E-state index in [9.17, 15) is 4.79 Å². The fourth-order valence-corrected chi connectivity index (χ4v) is 2.68. The number of esters is 1. The Morgan fingerprint density at radius 1 is 1.35 bits per heavy atom. The lowest BCUT2D eigenvalue weighted by Gasteiger charge is -2.32. The fraction of sp³-hybridized carbons (Fsp3) is 0.467. The number of hydrogen-bond donors (Lipinski definition) is 1. The van der Waals surface area contributed by atoms with Crippen LogP contribution >= 0.6 is 12.2 Å². The van der Waals surface area contributed by atoms with Gasteiger partial charge in [-0.2, -0.15) is 0 Å². The molecule has 0 unspecified atom stereocenters. The molecule has 2 rings (SSSR count). The number of thiocarbonyl (C=S) groups is 1. The number of benzene rings is 1. The van der Waals surface area contributed by atoms with Crippen molar-refractivity contribution in [2.75, 3.05) is 25.5 Å². The first-order valence-corrected chi connectivity index (χ1v) is 7.22. The van der Waals surface area contributed by atoms with Gasteiger partial charge in [-0.05, 0) is 43.6 Å². The van der Waals surface area contributed by atoms with Gasteiger partial charge in [-0.1, -0.05) is 18.2 Å². The number of piperidine rings is 1. The standard InChI is InChI=1S/C15H20N2O2S/c1-11-5-3-4-6-13(11)16-15(20)17-9-7-12(8-10-17)14(18)19-2/h3-6,12H,7-10H2,1-2H3,(H,16,20). The van der Waals surface area contributed by atoms with Crippen LogP contribution in [0.5, 0.6) is 0 Å². The fourth-order valence-electron chi connectivity index (χ4n) is 2.39. The minimum atomic E-state index is -0.109. The molecule has 0 bridgehead atoms. The summed E-state index contributed by atoms with van der Waals surface area (Å²) in [7, 11) is 1.44. The number of ether oxygens (including phenoxy) is 1. The van der Waals surface area contributed by atoms with Crippen molar-refractivity contribution in [3.05, 3.63) is 29.8 Å². The number of anilines is 1. The molecular weight excluding hydrogens is 272 g/mol. The van der Waals surface area contributed by atoms with Crippen LogP contribution in [0.1, 0.15) is 18.4 Å². The van der Waals surface area contributed by atoms with E-state index in [0.29, 0.717) is 0 Å². The SMILES string of the molecule is COC(=O)C1CCN(C(=S)Nc2ccccc2C)CC1. The van der Waals surface area contributed by atoms with Gasteiger partial charge in [0.15, 0.2) is 5.11 Å². The molecule has 0 atom stereocenters. The van der Waals surface area contributed by atoms with Crippen molar-refractivity contribution in [1.29, 1.82) is 0 Å². The number of nitrogens with one attached hydrogen (secondary N) is 1. The number of para-hydroxylation sites is 1. The molecule has 1 saturated heterocycles. The Morgan fingerprint density at radius 2 is 2.00 bits per heavy atom. The van der Waals surface area contributed by atoms with Gasteiger partial charge in [0, 0.05) is 18.8 Å². The van der Waals surface area contributed by atoms with Crippen LogP contribution < -0.4 is 5.32 Å². The van der Waals surface area contributed by atoms with Crippen LogP contribution in [0.3, 0.4) is 0 Å². The van der Waals surface area contributed by atoms with Crippen LogP contribution in [0.15, 0.2) is 24.3 Å². The molecule has 1 aliphatic rings. The molecule has 1 heterocycles. The van der Waals surface area contributed by atoms with Crippen molar-refractivity contribution in [3.63, 3.8) is 0 Å². The molecule has 0 saturated carbocycles. The molecule has 0 radical (unpaired) electrons. The van der Waals surface area contributed by atoms with Crippen molar-refractivity contribution >= 4 is 29.0 Å². The third-order valence-electron chi connectivity index (χ3n) is 3.70. The van der Waals surface area contributed by atoms with Crippen LogP contribution in [0.4, 0.5) is 5.69 Å². The number of rotatable bonds is 2. The molecule has 1 aromatic rings. The monoisotopic (exact) mass is 292 g/mol. The Bertz CT molecular complexity index is 496. The number of likely N-dealkylation sites (tertiary alicyclic amines) is 1. The zero-order chi connectivity index (χ0) is 14.5. The molecule has 1 aromatic carbocycles. The molecule has 1 aliphatic heterocycles. The van der Waals surface area contributed by atoms with Crippen molar-refractivity contribution in [1.82, 2.24) is 4.90 Å². The topological polar surface area (TPSA) is 41.6 Å². The Hall–Kier alpha value is -1.62. The minimum absolute atomic E-state index is 0.0116. The first-order chi connectivity index (χ1) is 9.61. The smallest absolute Gasteiger partial charge is 0.308 e. The van der Waals surface area contributed by atoms with E-state index in [-0.39, 0.29) is 11.9 Å². The van der Waals surface area contributed by atoms with Gasteiger partial charge in [-0.25, -0.2) is 0 Å². The minimum Gasteiger partial charge on any atom is -0.469 e. The van der Waals surface area contributed by atoms with E-state index in [2.05, 4.69) is 23.2 Å². The molecule has 0 amide bonds. The van der Waals surface area contributed by atoms with E-state index in [1.54, 1.807) is 0 Å². The van der Waals surface area contributed by atoms with Gasteiger partial charge in [0.2, 0.25) is 0 Å². The second kappa shape index (κ2) is 6.70. The van der Waals surface area contributed by atoms with E-state index in [4.69, 9.17) is 17.0 Å². The second-order valence-electron chi connectivity index (χ2n) is 5.03. The maximum atomic E-state index is 11.5. The van der Waals surface area contributed by atoms with E-state index in [0.717, 1.165) is 36.7 Å². The highest BCUT2D eigenvalue weighted by molar-refractivity contribution is 7.80. The van der Waals surface area contributed by atoms with Gasteiger partial charge >= 0.3 is 5.97 Å². The highest BCUT2D eigenvalue weighted by atomic mass is 32.1. The summed E-state index contributed by atoms with van der Waals surface area (Å²) in [5, 5.41) is 4.00. The number of aryl methyl sites for hydroxylation is 1. The van der Waals surface area contributed by atoms with Gasteiger partial charge < -0.3 is 15.0 Å². The first kappa shape index (κ1) is 14.8. The van der Waals surface area contributed by atoms with Gasteiger partial charge in [-0.15, -0.1) is 0 Å². The lowest BCUT2D eigenvalue weighted by molar-refractivity contribution is -0.146. The molecule has 0 aromatic heterocycles. The molecular formula is C15H20N2O2S. The van der Waals surface area contributed by atoms with Crippen molar-refractivity contribution in [2.45, 2.75) is 19.8 Å². The van der Waals surface area contributed by atoms with Gasteiger partial charge in [0.1, 0.15) is 0 Å². The molecule has 0 aliphatic carbocycles. The predicted molar refractivity (Wildman–Crippen MR) is 83.7 cm³/mol. The molecule has 20 heavy (non-hydrogen) atoms. The Balaban J connectivity index is 1.89. The average molecular weight is 292 g/mol. The Kier molecular flexibility index (Phi) is 4.95. The van der Waals surface area contributed by atoms with Crippen molar-refractivity contribution < 1.29 is 9.53 Å². The lowest BCUT2D eigenvalue weighted by Crippen LogP contribution is -2.42. The van der Waals surface area contributed by atoms with Crippen LogP contribution in [-0.4, -0.2) is 36.2 Å². The third kappa shape index (κ3) is 3.48. The lowest BCUT2D eigenvalue weighted by atomic mass is 9.97. The van der Waals surface area contributed by atoms with Crippen molar-refractivity contribution in [3.8, 4) is 0 Å². The largest absolute Gasteiger partial charge is 0.469 e. The molecule has 1 fully saturated rings. The number of nitrogens with zero attached hydrogens (tertiary/aromatic N) is 1. The summed E-state index contributed by atoms with van der Waals surface area (Å²) in [6.07, 6.45) is 1.59. The number of carbonyl (C=O) groups excluding carboxylic acids is 1. The summed E-state index contributed by atoms with van der Waals surface area (Å²) in [6, 6.07) is 8.06. The highest BCUT2D eigenvalue weighted by Crippen LogP contribution is 2.20. The van der Waals surface area contributed by atoms with E-state index < -0.39 is 0 Å². The van der Waals surface area contributed by atoms with E-state index >= 15 is 0 Å². The molecule has 1 N–H and O–H groups in total. The maximum Gasteiger partial charge on any atom is 0.308 e. The number of carbonyl (C=O) groups is 1. The summed E-state index contributed by atoms with van der Waals surface area (Å²) in [4.78, 5) is 13.6. The maximum absolute atomic E-state index is 11.5. The van der Waals surface area contributed by atoms with Crippen LogP contribution in [0.25, 0.3) is 0 Å². The Morgan fingerprint density at radius 3 is 2.60 bits per heavy atom. The summed E-state index contributed by atoms with van der Waals surface area (Å²) < 4.78 is 4.79. The first-order valence-electron chi connectivity index (χ1n) is 6.81. The average Bonchev–Trinajstić information content (AvgIpc) is 2.49. The predicted octanol–water partition coefficient (Wildman–Crippen LogP) is 2.58. The molecule has 108 valence electrons. The zero-order valence-electron chi connectivity index (χ0n) is 11.9. The summed E-state index contributed by atoms with van der Waals surface area (Å²) in [5.74, 6) is -0.0973. The van der Waals surface area contributed by atoms with Gasteiger partial charge in [-0.3, -0.25) is 4.79 Å². The normalized spacial score (nSPS) is 15.8. The van der Waals surface area contributed by atoms with Crippen LogP contribution in [0.2, 0.25) is 0 Å². The quantitative estimate of drug-likeness (QED) is 0.670. The Labute approximate surface area is 125 Å².